The van der Waals surface area contributed by atoms with Gasteiger partial charge in [0.05, 0.1) is 48.8 Å². The maximum Gasteiger partial charge on any atom is 0.103 e. The van der Waals surface area contributed by atoms with Gasteiger partial charge in [-0.15, -0.1) is 0 Å². The molecule has 2 atom stereocenters. The number of nitrogens with zero attached hydrogens (tertiary/aromatic N) is 3. The summed E-state index contributed by atoms with van der Waals surface area (Å²) in [6, 6.07) is -0.158. The summed E-state index contributed by atoms with van der Waals surface area (Å²) in [6.45, 7) is 3.45. The van der Waals surface area contributed by atoms with E-state index in [1.165, 1.54) is 0 Å². The predicted molar refractivity (Wildman–Crippen MR) is 79.1 cm³/mol. The Kier molecular flexibility index (Phi) is 5.94. The molecule has 1 saturated heterocycles. The molecule has 3 N–H and O–H groups in total. The van der Waals surface area contributed by atoms with Crippen LogP contribution in [0.1, 0.15) is 11.7 Å². The van der Waals surface area contributed by atoms with Gasteiger partial charge < -0.3 is 14.4 Å². The normalized spacial score (nSPS) is 21.4. The van der Waals surface area contributed by atoms with E-state index in [2.05, 4.69) is 31.4 Å². The Morgan fingerprint density at radius 2 is 2.40 bits per heavy atom. The number of ether oxygens (including phenoxy) is 2. The van der Waals surface area contributed by atoms with Crippen LogP contribution >= 0.6 is 15.9 Å². The molecule has 2 unspecified atom stereocenters. The van der Waals surface area contributed by atoms with Gasteiger partial charge in [-0.05, 0) is 30.0 Å². The molecule has 1 aliphatic heterocycles. The summed E-state index contributed by atoms with van der Waals surface area (Å²) < 4.78 is 14.1. The molecule has 0 spiro atoms. The van der Waals surface area contributed by atoms with Crippen LogP contribution in [0.15, 0.2) is 10.7 Å². The molecule has 8 heteroatoms. The molecule has 114 valence electrons. The van der Waals surface area contributed by atoms with Gasteiger partial charge in [0, 0.05) is 6.54 Å². The third-order valence-corrected chi connectivity index (χ3v) is 3.89. The molecule has 2 heterocycles. The number of halogens is 1. The number of hydrogen-bond donors (Lipinski definition) is 2. The smallest absolute Gasteiger partial charge is 0.103 e. The van der Waals surface area contributed by atoms with Crippen LogP contribution in [-0.2, 0) is 16.0 Å². The summed E-state index contributed by atoms with van der Waals surface area (Å²) >= 11 is 3.54. The molecule has 1 aromatic heterocycles. The summed E-state index contributed by atoms with van der Waals surface area (Å²) in [5.74, 6) is 5.73. The Hall–Kier alpha value is -0.510. The molecule has 2 rings (SSSR count). The second-order valence-electron chi connectivity index (χ2n) is 5.03. The van der Waals surface area contributed by atoms with E-state index in [1.54, 1.807) is 6.20 Å². The third kappa shape index (κ3) is 3.78. The van der Waals surface area contributed by atoms with Gasteiger partial charge in [-0.25, -0.2) is 5.43 Å². The molecule has 0 amide bonds. The molecule has 0 saturated carbocycles. The van der Waals surface area contributed by atoms with Crippen molar-refractivity contribution in [2.45, 2.75) is 18.7 Å². The van der Waals surface area contributed by atoms with E-state index in [1.807, 2.05) is 18.8 Å². The topological polar surface area (TPSA) is 77.6 Å². The zero-order chi connectivity index (χ0) is 14.5. The molecular weight excluding hydrogens is 326 g/mol. The highest BCUT2D eigenvalue weighted by molar-refractivity contribution is 9.10. The van der Waals surface area contributed by atoms with Crippen molar-refractivity contribution in [2.24, 2.45) is 5.84 Å². The highest BCUT2D eigenvalue weighted by Gasteiger charge is 2.30. The summed E-state index contributed by atoms with van der Waals surface area (Å²) in [5.41, 5.74) is 3.82. The van der Waals surface area contributed by atoms with Gasteiger partial charge in [0.25, 0.3) is 0 Å². The lowest BCUT2D eigenvalue weighted by molar-refractivity contribution is -0.103. The summed E-state index contributed by atoms with van der Waals surface area (Å²) in [6.07, 6.45) is 1.68. The Morgan fingerprint density at radius 1 is 1.60 bits per heavy atom. The zero-order valence-corrected chi connectivity index (χ0v) is 13.5. The van der Waals surface area contributed by atoms with Crippen molar-refractivity contribution in [3.8, 4) is 0 Å². The standard InChI is InChI=1S/C12H22BrN5O2/c1-17(2)3-4-18-12(9(13)7-15-18)11(16-14)10-8-19-5-6-20-10/h7,10-11,16H,3-6,8,14H2,1-2H3. The van der Waals surface area contributed by atoms with E-state index < -0.39 is 0 Å². The molecule has 0 bridgehead atoms. The summed E-state index contributed by atoms with van der Waals surface area (Å²) in [4.78, 5) is 2.12. The van der Waals surface area contributed by atoms with Gasteiger partial charge in [0.1, 0.15) is 6.10 Å². The number of nitrogens with one attached hydrogen (secondary N) is 1. The average Bonchev–Trinajstić information content (AvgIpc) is 2.80. The van der Waals surface area contributed by atoms with Crippen LogP contribution in [0.4, 0.5) is 0 Å². The molecule has 7 nitrogen and oxygen atoms in total. The first kappa shape index (κ1) is 15.9. The largest absolute Gasteiger partial charge is 0.376 e. The van der Waals surface area contributed by atoms with Crippen molar-refractivity contribution in [3.63, 3.8) is 0 Å². The molecular formula is C12H22BrN5O2. The van der Waals surface area contributed by atoms with Crippen molar-refractivity contribution < 1.29 is 9.47 Å². The molecule has 1 aliphatic rings. The van der Waals surface area contributed by atoms with Crippen molar-refractivity contribution in [3.05, 3.63) is 16.4 Å². The first-order valence-electron chi connectivity index (χ1n) is 6.65. The number of rotatable bonds is 6. The van der Waals surface area contributed by atoms with Crippen molar-refractivity contribution in [1.82, 2.24) is 20.1 Å². The first-order valence-corrected chi connectivity index (χ1v) is 7.44. The Balaban J connectivity index is 2.17. The van der Waals surface area contributed by atoms with E-state index >= 15 is 0 Å². The minimum Gasteiger partial charge on any atom is -0.376 e. The highest BCUT2D eigenvalue weighted by Crippen LogP contribution is 2.27. The van der Waals surface area contributed by atoms with Gasteiger partial charge in [-0.1, -0.05) is 0 Å². The molecule has 0 aromatic carbocycles. The van der Waals surface area contributed by atoms with Gasteiger partial charge in [0.15, 0.2) is 0 Å². The van der Waals surface area contributed by atoms with Crippen LogP contribution in [0.5, 0.6) is 0 Å². The monoisotopic (exact) mass is 347 g/mol. The lowest BCUT2D eigenvalue weighted by Gasteiger charge is -2.30. The number of hydrazine groups is 1. The molecule has 20 heavy (non-hydrogen) atoms. The number of aromatic nitrogens is 2. The van der Waals surface area contributed by atoms with Crippen LogP contribution in [0.25, 0.3) is 0 Å². The lowest BCUT2D eigenvalue weighted by atomic mass is 10.1. The third-order valence-electron chi connectivity index (χ3n) is 3.28. The van der Waals surface area contributed by atoms with Gasteiger partial charge in [-0.3, -0.25) is 10.5 Å². The second-order valence-corrected chi connectivity index (χ2v) is 5.89. The van der Waals surface area contributed by atoms with Gasteiger partial charge in [0.2, 0.25) is 0 Å². The van der Waals surface area contributed by atoms with Crippen molar-refractivity contribution in [1.29, 1.82) is 0 Å². The molecule has 0 radical (unpaired) electrons. The average molecular weight is 348 g/mol. The van der Waals surface area contributed by atoms with E-state index in [0.29, 0.717) is 19.8 Å². The molecule has 1 fully saturated rings. The zero-order valence-electron chi connectivity index (χ0n) is 11.9. The molecule has 1 aromatic rings. The Bertz CT molecular complexity index is 420. The van der Waals surface area contributed by atoms with Gasteiger partial charge >= 0.3 is 0 Å². The van der Waals surface area contributed by atoms with Crippen molar-refractivity contribution >= 4 is 15.9 Å². The van der Waals surface area contributed by atoms with Crippen LogP contribution < -0.4 is 11.3 Å². The Morgan fingerprint density at radius 3 is 3.00 bits per heavy atom. The van der Waals surface area contributed by atoms with E-state index in [-0.39, 0.29) is 12.1 Å². The minimum absolute atomic E-state index is 0.111. The van der Waals surface area contributed by atoms with Crippen LogP contribution in [0.3, 0.4) is 0 Å². The van der Waals surface area contributed by atoms with Crippen LogP contribution in [0.2, 0.25) is 0 Å². The number of hydrogen-bond acceptors (Lipinski definition) is 6. The second kappa shape index (κ2) is 7.48. The first-order chi connectivity index (χ1) is 9.63. The number of nitrogens with two attached hydrogens (primary N) is 1. The Labute approximate surface area is 127 Å². The fourth-order valence-corrected chi connectivity index (χ4v) is 2.76. The van der Waals surface area contributed by atoms with Crippen molar-refractivity contribution in [2.75, 3.05) is 40.5 Å². The maximum absolute atomic E-state index is 5.75. The van der Waals surface area contributed by atoms with E-state index in [4.69, 9.17) is 15.3 Å². The maximum atomic E-state index is 5.75. The predicted octanol–water partition coefficient (Wildman–Crippen LogP) is 0.127. The van der Waals surface area contributed by atoms with E-state index in [0.717, 1.165) is 23.3 Å². The lowest BCUT2D eigenvalue weighted by Crippen LogP contribution is -2.44. The SMILES string of the molecule is CN(C)CCn1ncc(Br)c1C(NN)C1COCCO1. The fraction of sp³-hybridized carbons (Fsp3) is 0.750. The quantitative estimate of drug-likeness (QED) is 0.562. The summed E-state index contributed by atoms with van der Waals surface area (Å²) in [7, 11) is 4.07. The van der Waals surface area contributed by atoms with Crippen LogP contribution in [0, 0.1) is 0 Å². The van der Waals surface area contributed by atoms with Crippen LogP contribution in [-0.4, -0.2) is 61.2 Å². The highest BCUT2D eigenvalue weighted by atomic mass is 79.9. The van der Waals surface area contributed by atoms with E-state index in [9.17, 15) is 0 Å². The minimum atomic E-state index is -0.158. The molecule has 0 aliphatic carbocycles. The summed E-state index contributed by atoms with van der Waals surface area (Å²) in [5, 5.41) is 4.40. The fourth-order valence-electron chi connectivity index (χ4n) is 2.21. The number of likely N-dealkylation sites (N-methyl/N-ethyl adjacent to an activating group) is 1. The van der Waals surface area contributed by atoms with Gasteiger partial charge in [-0.2, -0.15) is 5.10 Å².